The van der Waals surface area contributed by atoms with E-state index in [-0.39, 0.29) is 11.9 Å². The molecule has 0 bridgehead atoms. The summed E-state index contributed by atoms with van der Waals surface area (Å²) >= 11 is 0. The number of esters is 1. The molecular formula is C22H23NO3. The number of nitrogens with one attached hydrogen (secondary N) is 1. The van der Waals surface area contributed by atoms with Crippen LogP contribution in [0.5, 0.6) is 5.75 Å². The van der Waals surface area contributed by atoms with Crippen LogP contribution >= 0.6 is 0 Å². The molecular weight excluding hydrogens is 326 g/mol. The lowest BCUT2D eigenvalue weighted by atomic mass is 9.86. The number of aromatic nitrogens is 1. The summed E-state index contributed by atoms with van der Waals surface area (Å²) in [5, 5.41) is 1.15. The monoisotopic (exact) mass is 349 g/mol. The zero-order valence-corrected chi connectivity index (χ0v) is 15.0. The fourth-order valence-corrected chi connectivity index (χ4v) is 3.69. The molecule has 0 saturated heterocycles. The van der Waals surface area contributed by atoms with Crippen molar-refractivity contribution in [1.82, 2.24) is 4.98 Å². The van der Waals surface area contributed by atoms with Crippen LogP contribution in [0.3, 0.4) is 0 Å². The standard InChI is InChI=1S/C22H23NO3/c1-2-25-22(24)16-8-10-20-18(12-16)19-13-17(9-11-21(19)23-20)26-14-15-6-4-3-5-7-15/h3-7,9,11,13,16,23H,2,8,10,12,14H2,1H3. The van der Waals surface area contributed by atoms with E-state index in [1.165, 1.54) is 11.3 Å². The van der Waals surface area contributed by atoms with Crippen LogP contribution in [0.4, 0.5) is 0 Å². The van der Waals surface area contributed by atoms with Crippen molar-refractivity contribution >= 4 is 16.9 Å². The van der Waals surface area contributed by atoms with Crippen molar-refractivity contribution in [2.75, 3.05) is 6.61 Å². The van der Waals surface area contributed by atoms with Crippen LogP contribution in [0.2, 0.25) is 0 Å². The molecule has 1 atom stereocenters. The van der Waals surface area contributed by atoms with E-state index in [2.05, 4.69) is 29.2 Å². The number of carbonyl (C=O) groups excluding carboxylic acids is 1. The van der Waals surface area contributed by atoms with E-state index in [9.17, 15) is 4.79 Å². The van der Waals surface area contributed by atoms with Gasteiger partial charge in [-0.05, 0) is 55.5 Å². The highest BCUT2D eigenvalue weighted by Crippen LogP contribution is 2.34. The Bertz CT molecular complexity index is 914. The number of aryl methyl sites for hydroxylation is 1. The maximum Gasteiger partial charge on any atom is 0.309 e. The minimum atomic E-state index is -0.0796. The highest BCUT2D eigenvalue weighted by atomic mass is 16.5. The number of aromatic amines is 1. The number of H-pyrrole nitrogens is 1. The fourth-order valence-electron chi connectivity index (χ4n) is 3.69. The minimum Gasteiger partial charge on any atom is -0.489 e. The van der Waals surface area contributed by atoms with E-state index < -0.39 is 0 Å². The van der Waals surface area contributed by atoms with Crippen molar-refractivity contribution < 1.29 is 14.3 Å². The van der Waals surface area contributed by atoms with Gasteiger partial charge in [-0.2, -0.15) is 0 Å². The predicted octanol–water partition coefficient (Wildman–Crippen LogP) is 4.41. The van der Waals surface area contributed by atoms with Gasteiger partial charge in [0.25, 0.3) is 0 Å². The Kier molecular flexibility index (Phi) is 4.65. The van der Waals surface area contributed by atoms with Gasteiger partial charge in [0.2, 0.25) is 0 Å². The molecule has 2 aromatic carbocycles. The number of ether oxygens (including phenoxy) is 2. The van der Waals surface area contributed by atoms with Crippen LogP contribution in [0, 0.1) is 5.92 Å². The van der Waals surface area contributed by atoms with Gasteiger partial charge in [0.05, 0.1) is 12.5 Å². The molecule has 1 aromatic heterocycles. The average molecular weight is 349 g/mol. The molecule has 4 heteroatoms. The van der Waals surface area contributed by atoms with Crippen LogP contribution < -0.4 is 4.74 Å². The molecule has 134 valence electrons. The molecule has 0 aliphatic heterocycles. The second-order valence-electron chi connectivity index (χ2n) is 6.76. The van der Waals surface area contributed by atoms with E-state index in [0.717, 1.165) is 41.5 Å². The summed E-state index contributed by atoms with van der Waals surface area (Å²) in [4.78, 5) is 15.6. The Balaban J connectivity index is 1.56. The number of hydrogen-bond acceptors (Lipinski definition) is 3. The van der Waals surface area contributed by atoms with Crippen LogP contribution in [-0.2, 0) is 29.0 Å². The smallest absolute Gasteiger partial charge is 0.309 e. The highest BCUT2D eigenvalue weighted by molar-refractivity contribution is 5.87. The maximum atomic E-state index is 12.1. The summed E-state index contributed by atoms with van der Waals surface area (Å²) in [7, 11) is 0. The second-order valence-corrected chi connectivity index (χ2v) is 6.76. The van der Waals surface area contributed by atoms with Gasteiger partial charge in [-0.15, -0.1) is 0 Å². The normalized spacial score (nSPS) is 16.3. The molecule has 1 aliphatic carbocycles. The lowest BCUT2D eigenvalue weighted by Gasteiger charge is -2.20. The molecule has 4 nitrogen and oxygen atoms in total. The first kappa shape index (κ1) is 16.7. The van der Waals surface area contributed by atoms with Crippen LogP contribution in [-0.4, -0.2) is 17.6 Å². The quantitative estimate of drug-likeness (QED) is 0.694. The van der Waals surface area contributed by atoms with Crippen LogP contribution in [0.15, 0.2) is 48.5 Å². The summed E-state index contributed by atoms with van der Waals surface area (Å²) in [6.07, 6.45) is 2.46. The first-order valence-electron chi connectivity index (χ1n) is 9.21. The molecule has 0 fully saturated rings. The van der Waals surface area contributed by atoms with E-state index in [1.807, 2.05) is 31.2 Å². The molecule has 0 radical (unpaired) electrons. The van der Waals surface area contributed by atoms with Crippen LogP contribution in [0.1, 0.15) is 30.2 Å². The summed E-state index contributed by atoms with van der Waals surface area (Å²) in [5.41, 5.74) is 4.72. The number of benzene rings is 2. The lowest BCUT2D eigenvalue weighted by Crippen LogP contribution is -2.24. The Labute approximate surface area is 153 Å². The summed E-state index contributed by atoms with van der Waals surface area (Å²) in [6, 6.07) is 16.3. The number of hydrogen-bond donors (Lipinski definition) is 1. The van der Waals surface area contributed by atoms with Crippen molar-refractivity contribution in [3.05, 3.63) is 65.4 Å². The first-order valence-corrected chi connectivity index (χ1v) is 9.21. The third-order valence-corrected chi connectivity index (χ3v) is 5.03. The average Bonchev–Trinajstić information content (AvgIpc) is 3.04. The van der Waals surface area contributed by atoms with E-state index in [4.69, 9.17) is 9.47 Å². The van der Waals surface area contributed by atoms with E-state index in [0.29, 0.717) is 13.2 Å². The zero-order valence-electron chi connectivity index (χ0n) is 15.0. The van der Waals surface area contributed by atoms with Crippen molar-refractivity contribution in [2.45, 2.75) is 32.8 Å². The fraction of sp³-hybridized carbons (Fsp3) is 0.318. The molecule has 3 aromatic rings. The SMILES string of the molecule is CCOC(=O)C1CCc2[nH]c3ccc(OCc4ccccc4)cc3c2C1. The topological polar surface area (TPSA) is 51.3 Å². The molecule has 4 rings (SSSR count). The van der Waals surface area contributed by atoms with Gasteiger partial charge in [-0.3, -0.25) is 4.79 Å². The third kappa shape index (κ3) is 3.32. The molecule has 0 saturated carbocycles. The van der Waals surface area contributed by atoms with E-state index >= 15 is 0 Å². The predicted molar refractivity (Wildman–Crippen MR) is 101 cm³/mol. The Morgan fingerprint density at radius 3 is 2.85 bits per heavy atom. The molecule has 0 amide bonds. The van der Waals surface area contributed by atoms with Crippen LogP contribution in [0.25, 0.3) is 10.9 Å². The van der Waals surface area contributed by atoms with Crippen molar-refractivity contribution in [2.24, 2.45) is 5.92 Å². The summed E-state index contributed by atoms with van der Waals surface area (Å²) < 4.78 is 11.2. The van der Waals surface area contributed by atoms with Gasteiger partial charge < -0.3 is 14.5 Å². The largest absolute Gasteiger partial charge is 0.489 e. The highest BCUT2D eigenvalue weighted by Gasteiger charge is 2.28. The second kappa shape index (κ2) is 7.24. The summed E-state index contributed by atoms with van der Waals surface area (Å²) in [5.74, 6) is 0.723. The summed E-state index contributed by atoms with van der Waals surface area (Å²) in [6.45, 7) is 2.84. The zero-order chi connectivity index (χ0) is 17.9. The minimum absolute atomic E-state index is 0.0460. The molecule has 1 heterocycles. The van der Waals surface area contributed by atoms with Crippen molar-refractivity contribution in [1.29, 1.82) is 0 Å². The lowest BCUT2D eigenvalue weighted by molar-refractivity contribution is -0.148. The number of rotatable bonds is 5. The van der Waals surface area contributed by atoms with Crippen molar-refractivity contribution in [3.8, 4) is 5.75 Å². The first-order chi connectivity index (χ1) is 12.7. The van der Waals surface area contributed by atoms with Crippen molar-refractivity contribution in [3.63, 3.8) is 0 Å². The number of carbonyl (C=O) groups is 1. The van der Waals surface area contributed by atoms with Gasteiger partial charge >= 0.3 is 5.97 Å². The molecule has 1 aliphatic rings. The molecule has 1 unspecified atom stereocenters. The van der Waals surface area contributed by atoms with Gasteiger partial charge in [0.1, 0.15) is 12.4 Å². The molecule has 1 N–H and O–H groups in total. The Morgan fingerprint density at radius 2 is 2.04 bits per heavy atom. The maximum absolute atomic E-state index is 12.1. The van der Waals surface area contributed by atoms with Gasteiger partial charge in [-0.1, -0.05) is 30.3 Å². The Hall–Kier alpha value is -2.75. The van der Waals surface area contributed by atoms with Gasteiger partial charge in [-0.25, -0.2) is 0 Å². The molecule has 26 heavy (non-hydrogen) atoms. The molecule has 0 spiro atoms. The van der Waals surface area contributed by atoms with Gasteiger partial charge in [0, 0.05) is 16.6 Å². The third-order valence-electron chi connectivity index (χ3n) is 5.03. The van der Waals surface area contributed by atoms with Gasteiger partial charge in [0.15, 0.2) is 0 Å². The Morgan fingerprint density at radius 1 is 1.19 bits per heavy atom. The number of fused-ring (bicyclic) bond motifs is 3. The van der Waals surface area contributed by atoms with E-state index in [1.54, 1.807) is 0 Å².